The zero-order chi connectivity index (χ0) is 25.4. The van der Waals surface area contributed by atoms with Crippen LogP contribution >= 0.6 is 0 Å². The summed E-state index contributed by atoms with van der Waals surface area (Å²) in [7, 11) is -2.42. The highest BCUT2D eigenvalue weighted by Gasteiger charge is 2.27. The molecule has 0 bridgehead atoms. The number of hydrogen-bond acceptors (Lipinski definition) is 5. The van der Waals surface area contributed by atoms with Gasteiger partial charge in [-0.3, -0.25) is 9.10 Å². The second-order valence-electron chi connectivity index (χ2n) is 8.14. The van der Waals surface area contributed by atoms with Crippen LogP contribution in [0.2, 0.25) is 0 Å². The van der Waals surface area contributed by atoms with Crippen molar-refractivity contribution in [3.63, 3.8) is 0 Å². The number of sulfonamides is 1. The topological polar surface area (TPSA) is 79.0 Å². The lowest BCUT2D eigenvalue weighted by atomic mass is 10.2. The zero-order valence-electron chi connectivity index (χ0n) is 20.7. The lowest BCUT2D eigenvalue weighted by Gasteiger charge is -2.24. The van der Waals surface area contributed by atoms with E-state index in [1.807, 2.05) is 31.2 Å². The van der Waals surface area contributed by atoms with Gasteiger partial charge in [0.1, 0.15) is 12.3 Å². The fraction of sp³-hybridized carbons (Fsp3) is 0.296. The quantitative estimate of drug-likeness (QED) is 0.428. The first-order valence-corrected chi connectivity index (χ1v) is 13.1. The Kier molecular flexibility index (Phi) is 8.76. The molecule has 0 aromatic heterocycles. The maximum Gasteiger partial charge on any atom is 0.264 e. The predicted molar refractivity (Wildman–Crippen MR) is 141 cm³/mol. The number of ether oxygens (including phenoxy) is 1. The van der Waals surface area contributed by atoms with E-state index >= 15 is 0 Å². The van der Waals surface area contributed by atoms with Crippen molar-refractivity contribution >= 4 is 27.3 Å². The maximum absolute atomic E-state index is 13.5. The van der Waals surface area contributed by atoms with Crippen molar-refractivity contribution in [1.29, 1.82) is 0 Å². The van der Waals surface area contributed by atoms with E-state index in [1.165, 1.54) is 7.11 Å². The summed E-state index contributed by atoms with van der Waals surface area (Å²) < 4.78 is 33.3. The Morgan fingerprint density at radius 2 is 1.43 bits per heavy atom. The molecule has 3 rings (SSSR count). The minimum absolute atomic E-state index is 0.124. The first kappa shape index (κ1) is 26.1. The Morgan fingerprint density at radius 1 is 0.857 bits per heavy atom. The van der Waals surface area contributed by atoms with Crippen LogP contribution < -0.4 is 19.3 Å². The lowest BCUT2D eigenvalue weighted by molar-refractivity contribution is -0.119. The number of methoxy groups -OCH3 is 1. The summed E-state index contributed by atoms with van der Waals surface area (Å²) in [5, 5.41) is 2.85. The number of carbonyl (C=O) groups is 1. The lowest BCUT2D eigenvalue weighted by Crippen LogP contribution is -2.40. The van der Waals surface area contributed by atoms with Crippen LogP contribution in [0.5, 0.6) is 5.75 Å². The molecular weight excluding hydrogens is 462 g/mol. The van der Waals surface area contributed by atoms with E-state index in [9.17, 15) is 13.2 Å². The monoisotopic (exact) mass is 495 g/mol. The standard InChI is InChI=1S/C27H33N3O4S/c1-5-29(6-2)23-11-9-22(10-12-23)19-28-27(31)20-30(24-13-15-25(34-4)16-14-24)35(32,33)26-17-7-21(3)8-18-26/h7-18H,5-6,19-20H2,1-4H3,(H,28,31). The number of nitrogens with zero attached hydrogens (tertiary/aromatic N) is 2. The van der Waals surface area contributed by atoms with Crippen LogP contribution in [-0.2, 0) is 21.4 Å². The van der Waals surface area contributed by atoms with Crippen molar-refractivity contribution in [1.82, 2.24) is 5.32 Å². The van der Waals surface area contributed by atoms with Crippen LogP contribution in [0.4, 0.5) is 11.4 Å². The van der Waals surface area contributed by atoms with Crippen LogP contribution in [-0.4, -0.2) is 41.1 Å². The SMILES string of the molecule is CCN(CC)c1ccc(CNC(=O)CN(c2ccc(OC)cc2)S(=O)(=O)c2ccc(C)cc2)cc1. The van der Waals surface area contributed by atoms with E-state index < -0.39 is 15.9 Å². The molecule has 0 aliphatic rings. The fourth-order valence-electron chi connectivity index (χ4n) is 3.70. The van der Waals surface area contributed by atoms with E-state index in [0.29, 0.717) is 18.0 Å². The summed E-state index contributed by atoms with van der Waals surface area (Å²) in [6.07, 6.45) is 0. The van der Waals surface area contributed by atoms with Crippen molar-refractivity contribution in [2.75, 3.05) is 35.9 Å². The minimum atomic E-state index is -3.96. The molecule has 0 atom stereocenters. The van der Waals surface area contributed by atoms with Crippen LogP contribution in [0, 0.1) is 6.92 Å². The molecule has 0 aliphatic heterocycles. The van der Waals surface area contributed by atoms with Gasteiger partial charge in [0.25, 0.3) is 10.0 Å². The highest BCUT2D eigenvalue weighted by molar-refractivity contribution is 7.92. The number of rotatable bonds is 11. The Labute approximate surface area is 208 Å². The van der Waals surface area contributed by atoms with Crippen molar-refractivity contribution in [2.45, 2.75) is 32.2 Å². The van der Waals surface area contributed by atoms with Gasteiger partial charge in [-0.05, 0) is 74.9 Å². The average Bonchev–Trinajstić information content (AvgIpc) is 2.88. The summed E-state index contributed by atoms with van der Waals surface area (Å²) in [6.45, 7) is 7.90. The largest absolute Gasteiger partial charge is 0.497 e. The summed E-state index contributed by atoms with van der Waals surface area (Å²) in [5.41, 5.74) is 3.39. The van der Waals surface area contributed by atoms with E-state index in [0.717, 1.165) is 34.2 Å². The number of anilines is 2. The number of carbonyl (C=O) groups excluding carboxylic acids is 1. The molecule has 0 saturated heterocycles. The molecular formula is C27H33N3O4S. The average molecular weight is 496 g/mol. The molecule has 0 fully saturated rings. The van der Waals surface area contributed by atoms with Gasteiger partial charge in [0.2, 0.25) is 5.91 Å². The van der Waals surface area contributed by atoms with Gasteiger partial charge in [-0.15, -0.1) is 0 Å². The number of nitrogens with one attached hydrogen (secondary N) is 1. The highest BCUT2D eigenvalue weighted by atomic mass is 32.2. The molecule has 0 aliphatic carbocycles. The Morgan fingerprint density at radius 3 is 1.97 bits per heavy atom. The van der Waals surface area contributed by atoms with Gasteiger partial charge in [0.05, 0.1) is 17.7 Å². The molecule has 0 radical (unpaired) electrons. The first-order valence-electron chi connectivity index (χ1n) is 11.6. The smallest absolute Gasteiger partial charge is 0.264 e. The third-order valence-corrected chi connectivity index (χ3v) is 7.60. The molecule has 7 nitrogen and oxygen atoms in total. The van der Waals surface area contributed by atoms with Gasteiger partial charge in [0.15, 0.2) is 0 Å². The summed E-state index contributed by atoms with van der Waals surface area (Å²) >= 11 is 0. The van der Waals surface area contributed by atoms with Gasteiger partial charge < -0.3 is 15.0 Å². The van der Waals surface area contributed by atoms with Crippen molar-refractivity contribution in [3.8, 4) is 5.75 Å². The van der Waals surface area contributed by atoms with Crippen molar-refractivity contribution < 1.29 is 17.9 Å². The normalized spacial score (nSPS) is 11.1. The van der Waals surface area contributed by atoms with Crippen LogP contribution in [0.1, 0.15) is 25.0 Å². The zero-order valence-corrected chi connectivity index (χ0v) is 21.5. The second-order valence-corrected chi connectivity index (χ2v) is 10.0. The molecule has 0 saturated carbocycles. The Balaban J connectivity index is 1.78. The van der Waals surface area contributed by atoms with E-state index in [4.69, 9.17) is 4.74 Å². The molecule has 1 amide bonds. The minimum Gasteiger partial charge on any atom is -0.497 e. The van der Waals surface area contributed by atoms with E-state index in [2.05, 4.69) is 24.1 Å². The van der Waals surface area contributed by atoms with Crippen molar-refractivity contribution in [2.24, 2.45) is 0 Å². The Bertz CT molecular complexity index is 1200. The number of benzene rings is 3. The maximum atomic E-state index is 13.5. The van der Waals surface area contributed by atoms with Gasteiger partial charge in [-0.25, -0.2) is 8.42 Å². The van der Waals surface area contributed by atoms with Gasteiger partial charge in [-0.2, -0.15) is 0 Å². The van der Waals surface area contributed by atoms with Crippen LogP contribution in [0.15, 0.2) is 77.7 Å². The molecule has 1 N–H and O–H groups in total. The number of amides is 1. The molecule has 3 aromatic carbocycles. The molecule has 0 spiro atoms. The molecule has 0 unspecified atom stereocenters. The molecule has 3 aromatic rings. The molecule has 186 valence electrons. The van der Waals surface area contributed by atoms with E-state index in [-0.39, 0.29) is 11.4 Å². The molecule has 35 heavy (non-hydrogen) atoms. The predicted octanol–water partition coefficient (Wildman–Crippen LogP) is 4.36. The second kappa shape index (κ2) is 11.8. The number of hydrogen-bond donors (Lipinski definition) is 1. The number of aryl methyl sites for hydroxylation is 1. The molecule has 0 heterocycles. The summed E-state index contributed by atoms with van der Waals surface area (Å²) in [6, 6.07) is 21.2. The van der Waals surface area contributed by atoms with Crippen molar-refractivity contribution in [3.05, 3.63) is 83.9 Å². The first-order chi connectivity index (χ1) is 16.8. The summed E-state index contributed by atoms with van der Waals surface area (Å²) in [5.74, 6) is 0.198. The van der Waals surface area contributed by atoms with Crippen LogP contribution in [0.25, 0.3) is 0 Å². The fourth-order valence-corrected chi connectivity index (χ4v) is 5.12. The third-order valence-electron chi connectivity index (χ3n) is 5.81. The van der Waals surface area contributed by atoms with Gasteiger partial charge in [-0.1, -0.05) is 29.8 Å². The highest BCUT2D eigenvalue weighted by Crippen LogP contribution is 2.26. The third kappa shape index (κ3) is 6.54. The van der Waals surface area contributed by atoms with Gasteiger partial charge in [0, 0.05) is 25.3 Å². The Hall–Kier alpha value is -3.52. The summed E-state index contributed by atoms with van der Waals surface area (Å²) in [4.78, 5) is 15.2. The molecule has 8 heteroatoms. The van der Waals surface area contributed by atoms with Crippen LogP contribution in [0.3, 0.4) is 0 Å². The van der Waals surface area contributed by atoms with E-state index in [1.54, 1.807) is 48.5 Å². The van der Waals surface area contributed by atoms with Gasteiger partial charge >= 0.3 is 0 Å².